The van der Waals surface area contributed by atoms with Crippen LogP contribution in [0.15, 0.2) is 0 Å². The Kier molecular flexibility index (Phi) is 87.4. The molecule has 0 radical (unpaired) electrons. The number of rotatable bonds is 97. The number of aliphatic hydroxyl groups excluding tert-OH is 1. The summed E-state index contributed by atoms with van der Waals surface area (Å²) >= 11 is 0. The normalized spacial score (nSPS) is 13.6. The summed E-state index contributed by atoms with van der Waals surface area (Å²) in [7, 11) is -9.95. The van der Waals surface area contributed by atoms with Crippen molar-refractivity contribution in [3.63, 3.8) is 0 Å². The van der Waals surface area contributed by atoms with Crippen LogP contribution in [0.4, 0.5) is 0 Å². The molecule has 117 heavy (non-hydrogen) atoms. The van der Waals surface area contributed by atoms with Crippen molar-refractivity contribution in [2.75, 3.05) is 39.6 Å². The van der Waals surface area contributed by atoms with Crippen LogP contribution in [0.25, 0.3) is 0 Å². The smallest absolute Gasteiger partial charge is 0.462 e. The van der Waals surface area contributed by atoms with Crippen molar-refractivity contribution in [1.29, 1.82) is 0 Å². The molecule has 0 aliphatic heterocycles. The first-order valence-corrected chi connectivity index (χ1v) is 53.5. The Morgan fingerprint density at radius 1 is 0.231 bits per heavy atom. The number of hydrogen-bond donors (Lipinski definition) is 3. The summed E-state index contributed by atoms with van der Waals surface area (Å²) in [4.78, 5) is 73.7. The van der Waals surface area contributed by atoms with Gasteiger partial charge in [0.15, 0.2) is 12.2 Å². The summed E-state index contributed by atoms with van der Waals surface area (Å²) in [6.07, 6.45) is 86.3. The highest BCUT2D eigenvalue weighted by Crippen LogP contribution is 2.45. The second-order valence-electron chi connectivity index (χ2n) is 36.1. The van der Waals surface area contributed by atoms with Gasteiger partial charge in [0.2, 0.25) is 0 Å². The number of carbonyl (C=O) groups is 4. The molecule has 0 saturated carbocycles. The lowest BCUT2D eigenvalue weighted by Gasteiger charge is -2.21. The maximum absolute atomic E-state index is 13.2. The van der Waals surface area contributed by atoms with E-state index in [1.807, 2.05) is 0 Å². The van der Waals surface area contributed by atoms with Gasteiger partial charge < -0.3 is 33.8 Å². The summed E-state index contributed by atoms with van der Waals surface area (Å²) in [6.45, 7) is 9.82. The second-order valence-corrected chi connectivity index (χ2v) is 39.0. The van der Waals surface area contributed by atoms with E-state index in [-0.39, 0.29) is 25.7 Å². The zero-order valence-corrected chi connectivity index (χ0v) is 79.3. The Morgan fingerprint density at radius 3 is 0.581 bits per heavy atom. The fraction of sp³-hybridized carbons (Fsp3) is 0.959. The molecule has 0 aliphatic carbocycles. The van der Waals surface area contributed by atoms with E-state index in [4.69, 9.17) is 37.0 Å². The van der Waals surface area contributed by atoms with Gasteiger partial charge in [0.05, 0.1) is 26.4 Å². The molecule has 0 amide bonds. The van der Waals surface area contributed by atoms with Crippen LogP contribution in [0, 0.1) is 11.8 Å². The maximum Gasteiger partial charge on any atom is 0.472 e. The molecular formula is C98H192O17P2. The minimum absolute atomic E-state index is 0.109. The van der Waals surface area contributed by atoms with Crippen molar-refractivity contribution >= 4 is 39.5 Å². The van der Waals surface area contributed by atoms with Crippen LogP contribution in [-0.2, 0) is 65.4 Å². The van der Waals surface area contributed by atoms with E-state index in [1.54, 1.807) is 0 Å². The molecule has 696 valence electrons. The SMILES string of the molecule is CCCCCCCCCCCCCCCCCCCCCCCCC(=O)O[C@H](COC(=O)CCCCCCCCCCCCCCCCCCCCC(C)C)COP(=O)(O)OC[C@@H](O)COP(=O)(O)OC[C@@H](COC(=O)CCCCCCCCCCCCCCC)OC(=O)CCCCCCCCCCCCCCCCCCCCC(C)C. The predicted octanol–water partition coefficient (Wildman–Crippen LogP) is 30.9. The lowest BCUT2D eigenvalue weighted by atomic mass is 10.0. The van der Waals surface area contributed by atoms with Gasteiger partial charge in [0, 0.05) is 25.7 Å². The zero-order chi connectivity index (χ0) is 85.5. The van der Waals surface area contributed by atoms with Crippen molar-refractivity contribution in [2.45, 2.75) is 554 Å². The van der Waals surface area contributed by atoms with Crippen LogP contribution in [0.5, 0.6) is 0 Å². The van der Waals surface area contributed by atoms with Gasteiger partial charge in [-0.1, -0.05) is 485 Å². The number of phosphoric acid groups is 2. The average molecular weight is 1700 g/mol. The molecule has 0 aromatic heterocycles. The number of unbranched alkanes of at least 4 members (excludes halogenated alkanes) is 67. The van der Waals surface area contributed by atoms with Gasteiger partial charge >= 0.3 is 39.5 Å². The number of phosphoric ester groups is 2. The third-order valence-corrected chi connectivity index (χ3v) is 25.1. The largest absolute Gasteiger partial charge is 0.472 e. The molecule has 17 nitrogen and oxygen atoms in total. The van der Waals surface area contributed by atoms with Crippen LogP contribution >= 0.6 is 15.6 Å². The highest BCUT2D eigenvalue weighted by atomic mass is 31.2. The van der Waals surface area contributed by atoms with E-state index in [2.05, 4.69) is 41.5 Å². The Hall–Kier alpha value is -1.94. The van der Waals surface area contributed by atoms with Crippen LogP contribution in [-0.4, -0.2) is 96.7 Å². The summed E-state index contributed by atoms with van der Waals surface area (Å²) in [5.41, 5.74) is 0. The number of esters is 4. The molecule has 0 heterocycles. The zero-order valence-electron chi connectivity index (χ0n) is 77.5. The minimum Gasteiger partial charge on any atom is -0.462 e. The fourth-order valence-electron chi connectivity index (χ4n) is 15.5. The van der Waals surface area contributed by atoms with Gasteiger partial charge in [0.25, 0.3) is 0 Å². The molecule has 0 aromatic carbocycles. The molecule has 0 saturated heterocycles. The summed E-state index contributed by atoms with van der Waals surface area (Å²) in [6, 6.07) is 0. The Bertz CT molecular complexity index is 2220. The molecule has 3 N–H and O–H groups in total. The molecule has 0 bridgehead atoms. The van der Waals surface area contributed by atoms with Crippen molar-refractivity contribution in [2.24, 2.45) is 11.8 Å². The molecular weight excluding hydrogens is 1510 g/mol. The maximum atomic E-state index is 13.2. The van der Waals surface area contributed by atoms with Crippen LogP contribution in [0.1, 0.15) is 536 Å². The van der Waals surface area contributed by atoms with Crippen molar-refractivity contribution in [1.82, 2.24) is 0 Å². The van der Waals surface area contributed by atoms with Gasteiger partial charge in [-0.2, -0.15) is 0 Å². The predicted molar refractivity (Wildman–Crippen MR) is 488 cm³/mol. The summed E-state index contributed by atoms with van der Waals surface area (Å²) < 4.78 is 69.3. The van der Waals surface area contributed by atoms with Gasteiger partial charge in [-0.15, -0.1) is 0 Å². The first-order chi connectivity index (χ1) is 56.9. The van der Waals surface area contributed by atoms with Crippen LogP contribution in [0.3, 0.4) is 0 Å². The molecule has 0 rings (SSSR count). The molecule has 19 heteroatoms. The first-order valence-electron chi connectivity index (χ1n) is 50.5. The highest BCUT2D eigenvalue weighted by molar-refractivity contribution is 7.47. The van der Waals surface area contributed by atoms with E-state index in [9.17, 15) is 43.2 Å². The number of ether oxygens (including phenoxy) is 4. The van der Waals surface area contributed by atoms with E-state index < -0.39 is 97.5 Å². The van der Waals surface area contributed by atoms with E-state index in [1.165, 1.54) is 353 Å². The van der Waals surface area contributed by atoms with Gasteiger partial charge in [-0.05, 0) is 37.5 Å². The average Bonchev–Trinajstić information content (AvgIpc) is 0.895. The number of hydrogen-bond acceptors (Lipinski definition) is 15. The Morgan fingerprint density at radius 2 is 0.393 bits per heavy atom. The topological polar surface area (TPSA) is 237 Å². The summed E-state index contributed by atoms with van der Waals surface area (Å²) in [5, 5.41) is 10.7. The molecule has 5 atom stereocenters. The van der Waals surface area contributed by atoms with Gasteiger partial charge in [-0.25, -0.2) is 9.13 Å². The van der Waals surface area contributed by atoms with E-state index >= 15 is 0 Å². The standard InChI is InChI=1S/C98H192O17P2/c1-7-9-11-13-15-17-19-21-22-23-24-25-26-27-35-40-46-52-58-64-70-76-82-98(103)115-94(87-109-96(101)81-75-69-63-57-51-45-39-34-30-28-32-37-43-48-54-60-66-72-78-90(3)4)89-113-117(106,107)111-85-92(99)84-110-116(104,105)112-88-93(86-108-95(100)80-74-68-62-56-50-42-20-18-16-14-12-10-8-2)114-97(102)83-77-71-65-59-53-47-41-36-31-29-33-38-44-49-55-61-67-73-79-91(5)6/h90-94,99H,7-89H2,1-6H3,(H,104,105)(H,106,107)/t92-,93+,94+/m0/s1. The van der Waals surface area contributed by atoms with Crippen LogP contribution < -0.4 is 0 Å². The molecule has 0 fully saturated rings. The number of aliphatic hydroxyl groups is 1. The first kappa shape index (κ1) is 115. The number of carbonyl (C=O) groups excluding carboxylic acids is 4. The van der Waals surface area contributed by atoms with Gasteiger partial charge in [0.1, 0.15) is 19.3 Å². The fourth-order valence-corrected chi connectivity index (χ4v) is 17.1. The quantitative estimate of drug-likeness (QED) is 0.0222. The Balaban J connectivity index is 5.24. The Labute approximate surface area is 721 Å². The second kappa shape index (κ2) is 88.9. The summed E-state index contributed by atoms with van der Waals surface area (Å²) in [5.74, 6) is -0.443. The molecule has 0 spiro atoms. The van der Waals surface area contributed by atoms with Gasteiger partial charge in [-0.3, -0.25) is 37.3 Å². The third-order valence-electron chi connectivity index (χ3n) is 23.2. The minimum atomic E-state index is -4.97. The molecule has 0 aromatic rings. The molecule has 0 aliphatic rings. The monoisotopic (exact) mass is 1700 g/mol. The van der Waals surface area contributed by atoms with E-state index in [0.29, 0.717) is 25.7 Å². The molecule has 2 unspecified atom stereocenters. The van der Waals surface area contributed by atoms with E-state index in [0.717, 1.165) is 102 Å². The van der Waals surface area contributed by atoms with Crippen LogP contribution in [0.2, 0.25) is 0 Å². The van der Waals surface area contributed by atoms with Crippen molar-refractivity contribution < 1.29 is 80.2 Å². The van der Waals surface area contributed by atoms with Crippen molar-refractivity contribution in [3.8, 4) is 0 Å². The third kappa shape index (κ3) is 91.6. The highest BCUT2D eigenvalue weighted by Gasteiger charge is 2.31. The lowest BCUT2D eigenvalue weighted by Crippen LogP contribution is -2.30. The lowest BCUT2D eigenvalue weighted by molar-refractivity contribution is -0.161. The van der Waals surface area contributed by atoms with Crippen molar-refractivity contribution in [3.05, 3.63) is 0 Å².